The van der Waals surface area contributed by atoms with E-state index in [9.17, 15) is 13.2 Å². The normalized spacial score (nSPS) is 11.8. The fraction of sp³-hybridized carbons (Fsp3) is 0.455. The molecule has 0 amide bonds. The molecular weight excluding hydrogens is 297 g/mol. The van der Waals surface area contributed by atoms with Gasteiger partial charge in [-0.3, -0.25) is 0 Å². The molecule has 0 aliphatic carbocycles. The minimum absolute atomic E-state index is 0.0655. The molecule has 1 rings (SSSR count). The Balaban J connectivity index is 2.69. The summed E-state index contributed by atoms with van der Waals surface area (Å²) < 4.78 is 37.9. The summed E-state index contributed by atoms with van der Waals surface area (Å²) in [7, 11) is 0. The zero-order chi connectivity index (χ0) is 12.9. The van der Waals surface area contributed by atoms with Crippen molar-refractivity contribution in [3.05, 3.63) is 33.8 Å². The molecular formula is C11H14BrF3N2. The summed E-state index contributed by atoms with van der Waals surface area (Å²) in [5.41, 5.74) is 5.28. The van der Waals surface area contributed by atoms with E-state index in [2.05, 4.69) is 21.2 Å². The number of benzene rings is 1. The molecule has 1 aromatic carbocycles. The first-order chi connectivity index (χ1) is 7.95. The number of rotatable bonds is 5. The van der Waals surface area contributed by atoms with Gasteiger partial charge in [0.25, 0.3) is 0 Å². The van der Waals surface area contributed by atoms with Crippen molar-refractivity contribution in [3.8, 4) is 0 Å². The second-order valence-corrected chi connectivity index (χ2v) is 4.49. The molecule has 3 N–H and O–H groups in total. The highest BCUT2D eigenvalue weighted by atomic mass is 79.9. The number of hydrogen-bond donors (Lipinski definition) is 2. The molecule has 0 aliphatic rings. The van der Waals surface area contributed by atoms with Gasteiger partial charge in [-0.25, -0.2) is 0 Å². The Morgan fingerprint density at radius 1 is 1.29 bits per heavy atom. The average molecular weight is 311 g/mol. The molecule has 6 heteroatoms. The van der Waals surface area contributed by atoms with Crippen molar-refractivity contribution in [1.82, 2.24) is 5.32 Å². The Labute approximate surface area is 107 Å². The van der Waals surface area contributed by atoms with Crippen molar-refractivity contribution in [3.63, 3.8) is 0 Å². The molecule has 0 radical (unpaired) electrons. The van der Waals surface area contributed by atoms with Crippen molar-refractivity contribution in [1.29, 1.82) is 0 Å². The number of alkyl halides is 3. The predicted octanol–water partition coefficient (Wildman–Crippen LogP) is 2.91. The second-order valence-electron chi connectivity index (χ2n) is 3.63. The molecule has 0 unspecified atom stereocenters. The van der Waals surface area contributed by atoms with Gasteiger partial charge in [0.1, 0.15) is 0 Å². The minimum atomic E-state index is -4.33. The van der Waals surface area contributed by atoms with E-state index in [0.717, 1.165) is 12.5 Å². The molecule has 0 spiro atoms. The predicted molar refractivity (Wildman–Crippen MR) is 64.5 cm³/mol. The highest BCUT2D eigenvalue weighted by molar-refractivity contribution is 9.10. The summed E-state index contributed by atoms with van der Waals surface area (Å²) in [6, 6.07) is 4.23. The highest BCUT2D eigenvalue weighted by Gasteiger charge is 2.32. The standard InChI is InChI=1S/C11H14BrF3N2/c12-10-3-2-8(7-17-5-1-4-16)6-9(10)11(13,14)15/h2-3,6,17H,1,4-5,7,16H2. The molecule has 0 aliphatic heterocycles. The third-order valence-electron chi connectivity index (χ3n) is 2.22. The minimum Gasteiger partial charge on any atom is -0.330 e. The lowest BCUT2D eigenvalue weighted by Gasteiger charge is -2.11. The Morgan fingerprint density at radius 3 is 2.59 bits per heavy atom. The largest absolute Gasteiger partial charge is 0.417 e. The number of hydrogen-bond acceptors (Lipinski definition) is 2. The van der Waals surface area contributed by atoms with E-state index in [4.69, 9.17) is 5.73 Å². The third kappa shape index (κ3) is 4.65. The lowest BCUT2D eigenvalue weighted by Crippen LogP contribution is -2.18. The van der Waals surface area contributed by atoms with Gasteiger partial charge >= 0.3 is 6.18 Å². The topological polar surface area (TPSA) is 38.0 Å². The van der Waals surface area contributed by atoms with Crippen molar-refractivity contribution < 1.29 is 13.2 Å². The van der Waals surface area contributed by atoms with Crippen LogP contribution >= 0.6 is 15.9 Å². The molecule has 0 heterocycles. The Morgan fingerprint density at radius 2 is 2.00 bits per heavy atom. The van der Waals surface area contributed by atoms with Crippen LogP contribution in [0.15, 0.2) is 22.7 Å². The quantitative estimate of drug-likeness (QED) is 0.821. The maximum absolute atomic E-state index is 12.6. The maximum Gasteiger partial charge on any atom is 0.417 e. The SMILES string of the molecule is NCCCNCc1ccc(Br)c(C(F)(F)F)c1. The van der Waals surface area contributed by atoms with Gasteiger partial charge in [-0.15, -0.1) is 0 Å². The first-order valence-electron chi connectivity index (χ1n) is 5.21. The molecule has 0 fully saturated rings. The van der Waals surface area contributed by atoms with Crippen LogP contribution in [-0.2, 0) is 12.7 Å². The van der Waals surface area contributed by atoms with Crippen LogP contribution in [-0.4, -0.2) is 13.1 Å². The molecule has 0 saturated carbocycles. The van der Waals surface area contributed by atoms with E-state index in [0.29, 0.717) is 25.2 Å². The zero-order valence-corrected chi connectivity index (χ0v) is 10.7. The summed E-state index contributed by atoms with van der Waals surface area (Å²) >= 11 is 2.90. The van der Waals surface area contributed by atoms with E-state index in [1.807, 2.05) is 0 Å². The Hall–Kier alpha value is -0.590. The van der Waals surface area contributed by atoms with Crippen molar-refractivity contribution in [2.45, 2.75) is 19.1 Å². The number of nitrogens with two attached hydrogens (primary N) is 1. The number of nitrogens with one attached hydrogen (secondary N) is 1. The molecule has 0 atom stereocenters. The summed E-state index contributed by atoms with van der Waals surface area (Å²) in [5.74, 6) is 0. The van der Waals surface area contributed by atoms with Crippen LogP contribution in [0.25, 0.3) is 0 Å². The van der Waals surface area contributed by atoms with E-state index in [1.54, 1.807) is 6.07 Å². The lowest BCUT2D eigenvalue weighted by atomic mass is 10.1. The van der Waals surface area contributed by atoms with Crippen LogP contribution in [0, 0.1) is 0 Å². The van der Waals surface area contributed by atoms with Crippen LogP contribution in [0.5, 0.6) is 0 Å². The van der Waals surface area contributed by atoms with Crippen LogP contribution in [0.3, 0.4) is 0 Å². The molecule has 1 aromatic rings. The lowest BCUT2D eigenvalue weighted by molar-refractivity contribution is -0.138. The third-order valence-corrected chi connectivity index (χ3v) is 2.91. The molecule has 2 nitrogen and oxygen atoms in total. The van der Waals surface area contributed by atoms with Crippen molar-refractivity contribution >= 4 is 15.9 Å². The van der Waals surface area contributed by atoms with Crippen LogP contribution in [0.4, 0.5) is 13.2 Å². The van der Waals surface area contributed by atoms with Gasteiger partial charge in [0.15, 0.2) is 0 Å². The summed E-state index contributed by atoms with van der Waals surface area (Å²) in [4.78, 5) is 0. The van der Waals surface area contributed by atoms with E-state index < -0.39 is 11.7 Å². The van der Waals surface area contributed by atoms with E-state index >= 15 is 0 Å². The average Bonchev–Trinajstić information content (AvgIpc) is 2.25. The second kappa shape index (κ2) is 6.37. The highest BCUT2D eigenvalue weighted by Crippen LogP contribution is 2.35. The van der Waals surface area contributed by atoms with Gasteiger partial charge in [0.2, 0.25) is 0 Å². The summed E-state index contributed by atoms with van der Waals surface area (Å²) in [6.45, 7) is 1.69. The smallest absolute Gasteiger partial charge is 0.330 e. The summed E-state index contributed by atoms with van der Waals surface area (Å²) in [5, 5.41) is 3.04. The van der Waals surface area contributed by atoms with Gasteiger partial charge in [0, 0.05) is 11.0 Å². The first kappa shape index (κ1) is 14.5. The van der Waals surface area contributed by atoms with E-state index in [1.165, 1.54) is 6.07 Å². The Kier molecular flexibility index (Phi) is 5.42. The van der Waals surface area contributed by atoms with Gasteiger partial charge < -0.3 is 11.1 Å². The Bertz CT molecular complexity index is 366. The zero-order valence-electron chi connectivity index (χ0n) is 9.15. The number of halogens is 4. The molecule has 0 bridgehead atoms. The van der Waals surface area contributed by atoms with Gasteiger partial charge in [-0.05, 0) is 37.2 Å². The van der Waals surface area contributed by atoms with Crippen LogP contribution < -0.4 is 11.1 Å². The molecule has 96 valence electrons. The summed E-state index contributed by atoms with van der Waals surface area (Å²) in [6.07, 6.45) is -3.52. The van der Waals surface area contributed by atoms with Crippen LogP contribution in [0.1, 0.15) is 17.5 Å². The van der Waals surface area contributed by atoms with E-state index in [-0.39, 0.29) is 4.47 Å². The van der Waals surface area contributed by atoms with Gasteiger partial charge in [-0.2, -0.15) is 13.2 Å². The monoisotopic (exact) mass is 310 g/mol. The fourth-order valence-corrected chi connectivity index (χ4v) is 1.83. The van der Waals surface area contributed by atoms with Crippen molar-refractivity contribution in [2.24, 2.45) is 5.73 Å². The van der Waals surface area contributed by atoms with Crippen LogP contribution in [0.2, 0.25) is 0 Å². The molecule has 0 saturated heterocycles. The molecule has 17 heavy (non-hydrogen) atoms. The fourth-order valence-electron chi connectivity index (χ4n) is 1.36. The van der Waals surface area contributed by atoms with Gasteiger partial charge in [-0.1, -0.05) is 22.0 Å². The first-order valence-corrected chi connectivity index (χ1v) is 6.01. The maximum atomic E-state index is 12.6. The van der Waals surface area contributed by atoms with Gasteiger partial charge in [0.05, 0.1) is 5.56 Å². The molecule has 0 aromatic heterocycles. The van der Waals surface area contributed by atoms with Crippen molar-refractivity contribution in [2.75, 3.05) is 13.1 Å².